The lowest BCUT2D eigenvalue weighted by Crippen LogP contribution is -2.43. The summed E-state index contributed by atoms with van der Waals surface area (Å²) >= 11 is 0. The van der Waals surface area contributed by atoms with Crippen molar-refractivity contribution in [1.29, 1.82) is 0 Å². The standard InChI is InChI=1S/C15H19F3N2O2.ClH/c16-15(17,18)12-4-6-20(7-5-12)14(21)10-22-13-3-1-2-11(8-13)9-19;/h1-3,8,12H,4-7,9-10,19H2;1H. The number of nitrogens with two attached hydrogens (primary N) is 1. The van der Waals surface area contributed by atoms with Crippen LogP contribution in [0.2, 0.25) is 0 Å². The van der Waals surface area contributed by atoms with E-state index in [0.717, 1.165) is 5.56 Å². The Bertz CT molecular complexity index is 518. The van der Waals surface area contributed by atoms with Crippen LogP contribution in [0.3, 0.4) is 0 Å². The van der Waals surface area contributed by atoms with Gasteiger partial charge in [0.2, 0.25) is 0 Å². The molecule has 1 heterocycles. The fourth-order valence-electron chi connectivity index (χ4n) is 2.45. The number of hydrogen-bond acceptors (Lipinski definition) is 3. The van der Waals surface area contributed by atoms with Gasteiger partial charge < -0.3 is 15.4 Å². The highest BCUT2D eigenvalue weighted by Crippen LogP contribution is 2.34. The molecule has 0 radical (unpaired) electrons. The molecule has 1 saturated heterocycles. The molecule has 1 fully saturated rings. The Labute approximate surface area is 139 Å². The smallest absolute Gasteiger partial charge is 0.391 e. The molecule has 0 aliphatic carbocycles. The van der Waals surface area contributed by atoms with Crippen molar-refractivity contribution in [2.75, 3.05) is 19.7 Å². The van der Waals surface area contributed by atoms with Crippen molar-refractivity contribution in [3.05, 3.63) is 29.8 Å². The molecule has 1 amide bonds. The number of carbonyl (C=O) groups excluding carboxylic acids is 1. The molecule has 23 heavy (non-hydrogen) atoms. The van der Waals surface area contributed by atoms with Crippen LogP contribution >= 0.6 is 12.4 Å². The summed E-state index contributed by atoms with van der Waals surface area (Å²) < 4.78 is 43.1. The van der Waals surface area contributed by atoms with Crippen molar-refractivity contribution in [2.24, 2.45) is 11.7 Å². The van der Waals surface area contributed by atoms with Gasteiger partial charge in [0.25, 0.3) is 5.91 Å². The summed E-state index contributed by atoms with van der Waals surface area (Å²) in [6.45, 7) is 0.436. The second kappa shape index (κ2) is 8.40. The molecule has 8 heteroatoms. The third kappa shape index (κ3) is 5.58. The predicted octanol–water partition coefficient (Wildman–Crippen LogP) is 2.75. The number of likely N-dealkylation sites (tertiary alicyclic amines) is 1. The number of hydrogen-bond donors (Lipinski definition) is 1. The van der Waals surface area contributed by atoms with Crippen LogP contribution in [0.15, 0.2) is 24.3 Å². The molecule has 130 valence electrons. The van der Waals surface area contributed by atoms with E-state index in [1.807, 2.05) is 6.07 Å². The van der Waals surface area contributed by atoms with Crippen LogP contribution < -0.4 is 10.5 Å². The number of carbonyl (C=O) groups is 1. The first-order valence-corrected chi connectivity index (χ1v) is 7.16. The Hall–Kier alpha value is -1.47. The lowest BCUT2D eigenvalue weighted by molar-refractivity contribution is -0.186. The van der Waals surface area contributed by atoms with Gasteiger partial charge in [0.05, 0.1) is 5.92 Å². The summed E-state index contributed by atoms with van der Waals surface area (Å²) in [5, 5.41) is 0. The monoisotopic (exact) mass is 352 g/mol. The molecule has 0 unspecified atom stereocenters. The number of rotatable bonds is 4. The first-order chi connectivity index (χ1) is 10.4. The molecular weight excluding hydrogens is 333 g/mol. The van der Waals surface area contributed by atoms with E-state index in [2.05, 4.69) is 0 Å². The maximum atomic E-state index is 12.6. The van der Waals surface area contributed by atoms with E-state index in [9.17, 15) is 18.0 Å². The molecule has 0 spiro atoms. The Morgan fingerprint density at radius 2 is 1.96 bits per heavy atom. The number of nitrogens with zero attached hydrogens (tertiary/aromatic N) is 1. The quantitative estimate of drug-likeness (QED) is 0.906. The van der Waals surface area contributed by atoms with Crippen LogP contribution in [0.25, 0.3) is 0 Å². The third-order valence-electron chi connectivity index (χ3n) is 3.81. The van der Waals surface area contributed by atoms with Crippen molar-refractivity contribution in [1.82, 2.24) is 4.90 Å². The maximum absolute atomic E-state index is 12.6. The van der Waals surface area contributed by atoms with Gasteiger partial charge in [0.15, 0.2) is 6.61 Å². The van der Waals surface area contributed by atoms with E-state index < -0.39 is 12.1 Å². The normalized spacial score (nSPS) is 15.9. The minimum Gasteiger partial charge on any atom is -0.484 e. The number of alkyl halides is 3. The first kappa shape index (κ1) is 19.6. The van der Waals surface area contributed by atoms with Gasteiger partial charge in [0, 0.05) is 19.6 Å². The van der Waals surface area contributed by atoms with Crippen molar-refractivity contribution >= 4 is 18.3 Å². The van der Waals surface area contributed by atoms with E-state index >= 15 is 0 Å². The van der Waals surface area contributed by atoms with Gasteiger partial charge in [-0.25, -0.2) is 0 Å². The molecule has 0 bridgehead atoms. The topological polar surface area (TPSA) is 55.6 Å². The molecule has 0 aromatic heterocycles. The van der Waals surface area contributed by atoms with Crippen LogP contribution in [-0.4, -0.2) is 36.7 Å². The van der Waals surface area contributed by atoms with Gasteiger partial charge in [0.1, 0.15) is 5.75 Å². The molecule has 1 aromatic rings. The molecule has 2 rings (SSSR count). The molecular formula is C15H20ClF3N2O2. The van der Waals surface area contributed by atoms with E-state index in [4.69, 9.17) is 10.5 Å². The third-order valence-corrected chi connectivity index (χ3v) is 3.81. The number of benzene rings is 1. The minimum atomic E-state index is -4.17. The van der Waals surface area contributed by atoms with Gasteiger partial charge in [-0.1, -0.05) is 12.1 Å². The van der Waals surface area contributed by atoms with Crippen LogP contribution in [0.1, 0.15) is 18.4 Å². The SMILES string of the molecule is Cl.NCc1cccc(OCC(=O)N2CCC(C(F)(F)F)CC2)c1. The summed E-state index contributed by atoms with van der Waals surface area (Å²) in [6.07, 6.45) is -4.26. The molecule has 1 aliphatic heterocycles. The molecule has 2 N–H and O–H groups in total. The van der Waals surface area contributed by atoms with Gasteiger partial charge in [-0.3, -0.25) is 4.79 Å². The highest BCUT2D eigenvalue weighted by Gasteiger charge is 2.41. The number of halogens is 4. The van der Waals surface area contributed by atoms with Crippen LogP contribution in [-0.2, 0) is 11.3 Å². The van der Waals surface area contributed by atoms with E-state index in [-0.39, 0.29) is 50.9 Å². The average Bonchev–Trinajstić information content (AvgIpc) is 2.52. The minimum absolute atomic E-state index is 0. The fraction of sp³-hybridized carbons (Fsp3) is 0.533. The molecule has 1 aliphatic rings. The maximum Gasteiger partial charge on any atom is 0.391 e. The van der Waals surface area contributed by atoms with Crippen LogP contribution in [0, 0.1) is 5.92 Å². The summed E-state index contributed by atoms with van der Waals surface area (Å²) in [5.74, 6) is -1.07. The molecule has 0 saturated carbocycles. The fourth-order valence-corrected chi connectivity index (χ4v) is 2.45. The van der Waals surface area contributed by atoms with Crippen molar-refractivity contribution in [3.8, 4) is 5.75 Å². The molecule has 1 aromatic carbocycles. The Morgan fingerprint density at radius 1 is 1.30 bits per heavy atom. The van der Waals surface area contributed by atoms with Gasteiger partial charge in [-0.15, -0.1) is 12.4 Å². The largest absolute Gasteiger partial charge is 0.484 e. The lowest BCUT2D eigenvalue weighted by Gasteiger charge is -2.32. The van der Waals surface area contributed by atoms with Gasteiger partial charge >= 0.3 is 6.18 Å². The second-order valence-electron chi connectivity index (χ2n) is 5.34. The van der Waals surface area contributed by atoms with Gasteiger partial charge in [-0.05, 0) is 30.5 Å². The van der Waals surface area contributed by atoms with E-state index in [1.165, 1.54) is 4.90 Å². The summed E-state index contributed by atoms with van der Waals surface area (Å²) in [7, 11) is 0. The number of piperidine rings is 1. The van der Waals surface area contributed by atoms with Crippen molar-refractivity contribution in [2.45, 2.75) is 25.6 Å². The summed E-state index contributed by atoms with van der Waals surface area (Å²) in [5.41, 5.74) is 6.40. The summed E-state index contributed by atoms with van der Waals surface area (Å²) in [6, 6.07) is 7.07. The second-order valence-corrected chi connectivity index (χ2v) is 5.34. The number of amides is 1. The molecule has 0 atom stereocenters. The highest BCUT2D eigenvalue weighted by molar-refractivity contribution is 5.85. The van der Waals surface area contributed by atoms with Crippen LogP contribution in [0.5, 0.6) is 5.75 Å². The molecule has 4 nitrogen and oxygen atoms in total. The van der Waals surface area contributed by atoms with Crippen molar-refractivity contribution < 1.29 is 22.7 Å². The first-order valence-electron chi connectivity index (χ1n) is 7.16. The zero-order chi connectivity index (χ0) is 16.2. The number of ether oxygens (including phenoxy) is 1. The van der Waals surface area contributed by atoms with Gasteiger partial charge in [-0.2, -0.15) is 13.2 Å². The lowest BCUT2D eigenvalue weighted by atomic mass is 9.96. The average molecular weight is 353 g/mol. The Morgan fingerprint density at radius 3 is 2.52 bits per heavy atom. The predicted molar refractivity (Wildman–Crippen MR) is 82.4 cm³/mol. The van der Waals surface area contributed by atoms with Crippen LogP contribution in [0.4, 0.5) is 13.2 Å². The van der Waals surface area contributed by atoms with Crippen molar-refractivity contribution in [3.63, 3.8) is 0 Å². The highest BCUT2D eigenvalue weighted by atomic mass is 35.5. The van der Waals surface area contributed by atoms with E-state index in [0.29, 0.717) is 12.3 Å². The zero-order valence-corrected chi connectivity index (χ0v) is 13.3. The van der Waals surface area contributed by atoms with E-state index in [1.54, 1.807) is 18.2 Å². The Balaban J connectivity index is 0.00000264. The Kier molecular flexibility index (Phi) is 7.15. The zero-order valence-electron chi connectivity index (χ0n) is 12.5. The summed E-state index contributed by atoms with van der Waals surface area (Å²) in [4.78, 5) is 13.4.